The highest BCUT2D eigenvalue weighted by molar-refractivity contribution is 9.09. The molecule has 1 aromatic carbocycles. The van der Waals surface area contributed by atoms with Crippen LogP contribution < -0.4 is 10.1 Å². The van der Waals surface area contributed by atoms with Crippen LogP contribution in [0, 0.1) is 17.6 Å². The van der Waals surface area contributed by atoms with E-state index >= 15 is 0 Å². The molecule has 130 valence electrons. The van der Waals surface area contributed by atoms with E-state index < -0.39 is 11.6 Å². The molecular weight excluding hydrogens is 402 g/mol. The van der Waals surface area contributed by atoms with Crippen molar-refractivity contribution < 1.29 is 18.3 Å². The van der Waals surface area contributed by atoms with E-state index in [4.69, 9.17) is 4.74 Å². The van der Waals surface area contributed by atoms with Crippen molar-refractivity contribution in [3.8, 4) is 17.0 Å². The predicted molar refractivity (Wildman–Crippen MR) is 94.8 cm³/mol. The van der Waals surface area contributed by atoms with Crippen LogP contribution in [0.4, 0.5) is 13.9 Å². The summed E-state index contributed by atoms with van der Waals surface area (Å²) < 4.78 is 33.5. The Morgan fingerprint density at radius 1 is 1.38 bits per heavy atom. The molecule has 2 rings (SSSR count). The van der Waals surface area contributed by atoms with Gasteiger partial charge in [0.15, 0.2) is 22.5 Å². The van der Waals surface area contributed by atoms with Crippen molar-refractivity contribution in [2.24, 2.45) is 5.92 Å². The number of aromatic nitrogens is 1. The van der Waals surface area contributed by atoms with Gasteiger partial charge in [-0.05, 0) is 24.5 Å². The first-order valence-corrected chi connectivity index (χ1v) is 9.34. The minimum atomic E-state index is -0.771. The van der Waals surface area contributed by atoms with E-state index in [-0.39, 0.29) is 29.2 Å². The van der Waals surface area contributed by atoms with E-state index in [0.29, 0.717) is 23.2 Å². The van der Waals surface area contributed by atoms with Crippen LogP contribution in [0.1, 0.15) is 20.3 Å². The summed E-state index contributed by atoms with van der Waals surface area (Å²) in [7, 11) is 0. The van der Waals surface area contributed by atoms with Gasteiger partial charge in [-0.3, -0.25) is 4.79 Å². The topological polar surface area (TPSA) is 51.2 Å². The summed E-state index contributed by atoms with van der Waals surface area (Å²) in [6, 6.07) is 2.36. The van der Waals surface area contributed by atoms with E-state index in [1.54, 1.807) is 5.38 Å². The number of carbonyl (C=O) groups is 1. The summed E-state index contributed by atoms with van der Waals surface area (Å²) >= 11 is 4.21. The molecule has 24 heavy (non-hydrogen) atoms. The van der Waals surface area contributed by atoms with Crippen molar-refractivity contribution >= 4 is 38.3 Å². The van der Waals surface area contributed by atoms with Gasteiger partial charge in [-0.1, -0.05) is 29.8 Å². The monoisotopic (exact) mass is 418 g/mol. The Kier molecular flexibility index (Phi) is 6.68. The second kappa shape index (κ2) is 8.53. The summed E-state index contributed by atoms with van der Waals surface area (Å²) in [6.45, 7) is 4.27. The van der Waals surface area contributed by atoms with Gasteiger partial charge < -0.3 is 10.1 Å². The van der Waals surface area contributed by atoms with Crippen molar-refractivity contribution in [3.05, 3.63) is 29.1 Å². The number of alkyl halides is 1. The standard InChI is InChI=1S/C16H17BrF2N2O2S/c1-9(2)3-4-23-15-11(18)5-10(6-12(15)19)13-8-24-16(20-13)21-14(22)7-17/h5-6,8-9H,3-4,7H2,1-2H3,(H,20,21,22). The zero-order chi connectivity index (χ0) is 17.7. The first-order valence-electron chi connectivity index (χ1n) is 7.34. The first kappa shape index (κ1) is 18.8. The van der Waals surface area contributed by atoms with Gasteiger partial charge in [0, 0.05) is 10.9 Å². The lowest BCUT2D eigenvalue weighted by Crippen LogP contribution is -2.11. The lowest BCUT2D eigenvalue weighted by atomic mass is 10.1. The van der Waals surface area contributed by atoms with Crippen LogP contribution in [0.3, 0.4) is 0 Å². The molecule has 2 aromatic rings. The van der Waals surface area contributed by atoms with Crippen LogP contribution in [0.15, 0.2) is 17.5 Å². The molecule has 0 bridgehead atoms. The Morgan fingerprint density at radius 3 is 2.62 bits per heavy atom. The number of benzene rings is 1. The molecule has 0 aliphatic rings. The van der Waals surface area contributed by atoms with Gasteiger partial charge >= 0.3 is 0 Å². The number of nitrogens with zero attached hydrogens (tertiary/aromatic N) is 1. The molecule has 1 heterocycles. The Hall–Kier alpha value is -1.54. The van der Waals surface area contributed by atoms with Crippen LogP contribution in [0.2, 0.25) is 0 Å². The number of ether oxygens (including phenoxy) is 1. The number of halogens is 3. The van der Waals surface area contributed by atoms with Crippen LogP contribution in [-0.4, -0.2) is 22.8 Å². The Morgan fingerprint density at radius 2 is 2.04 bits per heavy atom. The molecule has 0 aliphatic heterocycles. The third kappa shape index (κ3) is 4.98. The van der Waals surface area contributed by atoms with Crippen molar-refractivity contribution in [1.29, 1.82) is 0 Å². The van der Waals surface area contributed by atoms with Crippen molar-refractivity contribution in [2.75, 3.05) is 17.3 Å². The predicted octanol–water partition coefficient (Wildman–Crippen LogP) is 4.85. The molecule has 0 saturated carbocycles. The Bertz CT molecular complexity index is 699. The SMILES string of the molecule is CC(C)CCOc1c(F)cc(-c2csc(NC(=O)CBr)n2)cc1F. The Balaban J connectivity index is 2.16. The summed E-state index contributed by atoms with van der Waals surface area (Å²) in [4.78, 5) is 15.5. The second-order valence-corrected chi connectivity index (χ2v) is 6.94. The van der Waals surface area contributed by atoms with Crippen molar-refractivity contribution in [1.82, 2.24) is 4.98 Å². The number of hydrogen-bond donors (Lipinski definition) is 1. The highest BCUT2D eigenvalue weighted by atomic mass is 79.9. The fourth-order valence-corrected chi connectivity index (χ4v) is 2.73. The molecule has 0 spiro atoms. The highest BCUT2D eigenvalue weighted by Gasteiger charge is 2.16. The van der Waals surface area contributed by atoms with Crippen LogP contribution in [-0.2, 0) is 4.79 Å². The Labute approximate surface area is 151 Å². The lowest BCUT2D eigenvalue weighted by Gasteiger charge is -2.10. The zero-order valence-corrected chi connectivity index (χ0v) is 15.6. The van der Waals surface area contributed by atoms with Gasteiger partial charge in [0.2, 0.25) is 5.91 Å². The average Bonchev–Trinajstić information content (AvgIpc) is 2.97. The third-order valence-electron chi connectivity index (χ3n) is 3.11. The molecule has 4 nitrogen and oxygen atoms in total. The number of amides is 1. The third-order valence-corrected chi connectivity index (χ3v) is 4.37. The average molecular weight is 419 g/mol. The van der Waals surface area contributed by atoms with E-state index in [1.165, 1.54) is 23.5 Å². The van der Waals surface area contributed by atoms with Gasteiger partial charge in [0.25, 0.3) is 0 Å². The summed E-state index contributed by atoms with van der Waals surface area (Å²) in [5, 5.41) is 4.71. The number of rotatable bonds is 7. The van der Waals surface area contributed by atoms with E-state index in [9.17, 15) is 13.6 Å². The minimum absolute atomic E-state index is 0.146. The molecule has 0 fully saturated rings. The fraction of sp³-hybridized carbons (Fsp3) is 0.375. The molecule has 1 amide bonds. The first-order chi connectivity index (χ1) is 11.4. The summed E-state index contributed by atoms with van der Waals surface area (Å²) in [5.41, 5.74) is 0.674. The molecule has 0 aliphatic carbocycles. The van der Waals surface area contributed by atoms with Gasteiger partial charge in [-0.25, -0.2) is 13.8 Å². The second-order valence-electron chi connectivity index (χ2n) is 5.52. The maximum absolute atomic E-state index is 14.1. The number of nitrogens with one attached hydrogen (secondary N) is 1. The molecule has 1 aromatic heterocycles. The van der Waals surface area contributed by atoms with Gasteiger partial charge in [0.05, 0.1) is 17.6 Å². The quantitative estimate of drug-likeness (QED) is 0.653. The zero-order valence-electron chi connectivity index (χ0n) is 13.2. The normalized spacial score (nSPS) is 10.9. The summed E-state index contributed by atoms with van der Waals surface area (Å²) in [5.74, 6) is -1.77. The number of anilines is 1. The van der Waals surface area contributed by atoms with E-state index in [0.717, 1.165) is 0 Å². The van der Waals surface area contributed by atoms with Crippen molar-refractivity contribution in [2.45, 2.75) is 20.3 Å². The van der Waals surface area contributed by atoms with Crippen LogP contribution in [0.25, 0.3) is 11.3 Å². The molecule has 1 N–H and O–H groups in total. The molecule has 0 radical (unpaired) electrons. The van der Waals surface area contributed by atoms with Gasteiger partial charge in [0.1, 0.15) is 0 Å². The van der Waals surface area contributed by atoms with Gasteiger partial charge in [-0.2, -0.15) is 0 Å². The number of hydrogen-bond acceptors (Lipinski definition) is 4. The maximum atomic E-state index is 14.1. The molecule has 0 atom stereocenters. The highest BCUT2D eigenvalue weighted by Crippen LogP contribution is 2.31. The van der Waals surface area contributed by atoms with Crippen LogP contribution in [0.5, 0.6) is 5.75 Å². The minimum Gasteiger partial charge on any atom is -0.488 e. The largest absolute Gasteiger partial charge is 0.488 e. The lowest BCUT2D eigenvalue weighted by molar-refractivity contribution is -0.113. The fourth-order valence-electron chi connectivity index (χ4n) is 1.86. The van der Waals surface area contributed by atoms with Crippen LogP contribution >= 0.6 is 27.3 Å². The molecular formula is C16H17BrF2N2O2S. The van der Waals surface area contributed by atoms with Gasteiger partial charge in [-0.15, -0.1) is 11.3 Å². The van der Waals surface area contributed by atoms with E-state index in [1.807, 2.05) is 13.8 Å². The van der Waals surface area contributed by atoms with E-state index in [2.05, 4.69) is 26.2 Å². The molecule has 0 saturated heterocycles. The molecule has 8 heteroatoms. The van der Waals surface area contributed by atoms with Crippen molar-refractivity contribution in [3.63, 3.8) is 0 Å². The summed E-state index contributed by atoms with van der Waals surface area (Å²) in [6.07, 6.45) is 0.712. The smallest absolute Gasteiger partial charge is 0.236 e. The number of thiazole rings is 1. The number of carbonyl (C=O) groups excluding carboxylic acids is 1. The maximum Gasteiger partial charge on any atom is 0.236 e. The molecule has 0 unspecified atom stereocenters.